The summed E-state index contributed by atoms with van der Waals surface area (Å²) in [6.45, 7) is 2.25. The molecule has 2 rings (SSSR count). The summed E-state index contributed by atoms with van der Waals surface area (Å²) in [5.41, 5.74) is 7.66. The summed E-state index contributed by atoms with van der Waals surface area (Å²) < 4.78 is 5.77. The van der Waals surface area contributed by atoms with Crippen molar-refractivity contribution in [1.29, 1.82) is 0 Å². The van der Waals surface area contributed by atoms with Gasteiger partial charge in [0.25, 0.3) is 0 Å². The van der Waals surface area contributed by atoms with E-state index in [1.165, 1.54) is 0 Å². The van der Waals surface area contributed by atoms with E-state index in [1.807, 2.05) is 25.1 Å². The Kier molecular flexibility index (Phi) is 4.64. The highest BCUT2D eigenvalue weighted by molar-refractivity contribution is 6.31. The van der Waals surface area contributed by atoms with Crippen LogP contribution in [0, 0.1) is 0 Å². The molecule has 0 radical (unpaired) electrons. The van der Waals surface area contributed by atoms with Crippen LogP contribution in [0.25, 0.3) is 0 Å². The molecule has 0 bridgehead atoms. The average molecular weight is 297 g/mol. The lowest BCUT2D eigenvalue weighted by Crippen LogP contribution is -2.08. The van der Waals surface area contributed by atoms with Crippen LogP contribution in [0.2, 0.25) is 10.0 Å². The number of aromatic nitrogens is 1. The van der Waals surface area contributed by atoms with Gasteiger partial charge >= 0.3 is 0 Å². The smallest absolute Gasteiger partial charge is 0.124 e. The maximum Gasteiger partial charge on any atom is 0.124 e. The zero-order chi connectivity index (χ0) is 13.8. The van der Waals surface area contributed by atoms with Crippen LogP contribution in [0.3, 0.4) is 0 Å². The summed E-state index contributed by atoms with van der Waals surface area (Å²) in [5, 5.41) is 1.22. The molecule has 0 unspecified atom stereocenters. The Balaban J connectivity index is 2.18. The first-order valence-electron chi connectivity index (χ1n) is 5.84. The maximum absolute atomic E-state index is 6.03. The zero-order valence-electron chi connectivity index (χ0n) is 10.4. The molecular weight excluding hydrogens is 283 g/mol. The van der Waals surface area contributed by atoms with E-state index in [-0.39, 0.29) is 6.04 Å². The molecule has 1 aromatic heterocycles. The number of benzene rings is 1. The number of hydrogen-bond acceptors (Lipinski definition) is 3. The fraction of sp³-hybridized carbons (Fsp3) is 0.214. The van der Waals surface area contributed by atoms with Gasteiger partial charge in [-0.25, -0.2) is 0 Å². The van der Waals surface area contributed by atoms with Crippen molar-refractivity contribution in [1.82, 2.24) is 4.98 Å². The van der Waals surface area contributed by atoms with Crippen molar-refractivity contribution >= 4 is 23.2 Å². The van der Waals surface area contributed by atoms with Crippen LogP contribution in [0.5, 0.6) is 5.75 Å². The molecule has 0 amide bonds. The molecule has 0 saturated heterocycles. The predicted octanol–water partition coefficient (Wildman–Crippen LogP) is 3.99. The van der Waals surface area contributed by atoms with Gasteiger partial charge < -0.3 is 10.5 Å². The molecule has 2 aromatic rings. The molecule has 5 heteroatoms. The Morgan fingerprint density at radius 1 is 1.32 bits per heavy atom. The average Bonchev–Trinajstić information content (AvgIpc) is 2.38. The third-order valence-corrected chi connectivity index (χ3v) is 3.28. The molecule has 1 heterocycles. The van der Waals surface area contributed by atoms with Crippen molar-refractivity contribution in [3.63, 3.8) is 0 Å². The zero-order valence-corrected chi connectivity index (χ0v) is 11.9. The monoisotopic (exact) mass is 296 g/mol. The molecule has 0 aliphatic carbocycles. The van der Waals surface area contributed by atoms with E-state index in [0.29, 0.717) is 22.4 Å². The van der Waals surface area contributed by atoms with Crippen molar-refractivity contribution in [3.8, 4) is 5.75 Å². The Morgan fingerprint density at radius 2 is 2.11 bits per heavy atom. The summed E-state index contributed by atoms with van der Waals surface area (Å²) in [4.78, 5) is 3.93. The molecule has 0 saturated carbocycles. The van der Waals surface area contributed by atoms with E-state index in [0.717, 1.165) is 11.1 Å². The minimum absolute atomic E-state index is 0.151. The molecule has 0 aliphatic rings. The fourth-order valence-electron chi connectivity index (χ4n) is 1.68. The Labute approximate surface area is 122 Å². The van der Waals surface area contributed by atoms with E-state index in [9.17, 15) is 0 Å². The number of nitrogens with two attached hydrogens (primary N) is 1. The summed E-state index contributed by atoms with van der Waals surface area (Å²) in [6.07, 6.45) is 3.27. The van der Waals surface area contributed by atoms with Crippen molar-refractivity contribution in [2.45, 2.75) is 19.6 Å². The van der Waals surface area contributed by atoms with Crippen LogP contribution in [0.1, 0.15) is 24.1 Å². The Hall–Kier alpha value is -1.29. The van der Waals surface area contributed by atoms with Crippen LogP contribution >= 0.6 is 23.2 Å². The highest BCUT2D eigenvalue weighted by Gasteiger charge is 2.10. The van der Waals surface area contributed by atoms with E-state index in [2.05, 4.69) is 4.98 Å². The number of rotatable bonds is 4. The molecule has 0 fully saturated rings. The molecule has 0 aliphatic heterocycles. The number of hydrogen-bond donors (Lipinski definition) is 1. The van der Waals surface area contributed by atoms with Gasteiger partial charge in [-0.3, -0.25) is 4.98 Å². The molecular formula is C14H14Cl2N2O. The van der Waals surface area contributed by atoms with E-state index in [4.69, 9.17) is 33.7 Å². The summed E-state index contributed by atoms with van der Waals surface area (Å²) in [7, 11) is 0. The Bertz CT molecular complexity index is 573. The van der Waals surface area contributed by atoms with Crippen LogP contribution in [-0.4, -0.2) is 4.98 Å². The largest absolute Gasteiger partial charge is 0.489 e. The molecule has 100 valence electrons. The second-order valence-electron chi connectivity index (χ2n) is 4.23. The normalized spacial score (nSPS) is 12.2. The van der Waals surface area contributed by atoms with Crippen LogP contribution in [0.4, 0.5) is 0 Å². The van der Waals surface area contributed by atoms with Gasteiger partial charge in [0.15, 0.2) is 0 Å². The predicted molar refractivity (Wildman–Crippen MR) is 77.6 cm³/mol. The second kappa shape index (κ2) is 6.24. The first kappa shape index (κ1) is 14.1. The van der Waals surface area contributed by atoms with Crippen LogP contribution < -0.4 is 10.5 Å². The molecule has 19 heavy (non-hydrogen) atoms. The molecule has 1 aromatic carbocycles. The van der Waals surface area contributed by atoms with Crippen LogP contribution in [-0.2, 0) is 6.61 Å². The first-order valence-corrected chi connectivity index (χ1v) is 6.59. The molecule has 3 nitrogen and oxygen atoms in total. The van der Waals surface area contributed by atoms with Gasteiger partial charge in [-0.2, -0.15) is 0 Å². The van der Waals surface area contributed by atoms with Crippen LogP contribution in [0.15, 0.2) is 36.7 Å². The van der Waals surface area contributed by atoms with E-state index >= 15 is 0 Å². The van der Waals surface area contributed by atoms with Crippen molar-refractivity contribution in [2.24, 2.45) is 5.73 Å². The second-order valence-corrected chi connectivity index (χ2v) is 5.07. The van der Waals surface area contributed by atoms with Gasteiger partial charge in [-0.15, -0.1) is 0 Å². The van der Waals surface area contributed by atoms with E-state index < -0.39 is 0 Å². The first-order chi connectivity index (χ1) is 9.08. The lowest BCUT2D eigenvalue weighted by molar-refractivity contribution is 0.301. The van der Waals surface area contributed by atoms with Crippen molar-refractivity contribution in [2.75, 3.05) is 0 Å². The van der Waals surface area contributed by atoms with E-state index in [1.54, 1.807) is 18.5 Å². The van der Waals surface area contributed by atoms with Gasteiger partial charge in [0.2, 0.25) is 0 Å². The van der Waals surface area contributed by atoms with Gasteiger partial charge in [-0.05, 0) is 31.2 Å². The van der Waals surface area contributed by atoms with Gasteiger partial charge in [0.05, 0.1) is 5.02 Å². The third-order valence-electron chi connectivity index (χ3n) is 2.70. The minimum Gasteiger partial charge on any atom is -0.489 e. The highest BCUT2D eigenvalue weighted by atomic mass is 35.5. The summed E-state index contributed by atoms with van der Waals surface area (Å²) in [5.74, 6) is 0.715. The standard InChI is InChI=1S/C14H14Cl2N2O/c1-9(17)12-6-11(15)2-3-14(12)19-8-10-4-5-18-7-13(10)16/h2-7,9H,8,17H2,1H3/t9-/m0/s1. The fourth-order valence-corrected chi connectivity index (χ4v) is 2.04. The summed E-state index contributed by atoms with van der Waals surface area (Å²) in [6, 6.07) is 7.08. The van der Waals surface area contributed by atoms with Gasteiger partial charge in [0, 0.05) is 34.6 Å². The number of nitrogens with zero attached hydrogens (tertiary/aromatic N) is 1. The van der Waals surface area contributed by atoms with Crippen molar-refractivity contribution in [3.05, 3.63) is 57.8 Å². The lowest BCUT2D eigenvalue weighted by atomic mass is 10.1. The number of ether oxygens (including phenoxy) is 1. The maximum atomic E-state index is 6.03. The molecule has 2 N–H and O–H groups in total. The summed E-state index contributed by atoms with van der Waals surface area (Å²) >= 11 is 12.0. The molecule has 0 spiro atoms. The minimum atomic E-state index is -0.151. The topological polar surface area (TPSA) is 48.1 Å². The third kappa shape index (κ3) is 3.60. The molecule has 1 atom stereocenters. The SMILES string of the molecule is C[C@H](N)c1cc(Cl)ccc1OCc1ccncc1Cl. The Morgan fingerprint density at radius 3 is 2.79 bits per heavy atom. The highest BCUT2D eigenvalue weighted by Crippen LogP contribution is 2.28. The van der Waals surface area contributed by atoms with Gasteiger partial charge in [0.1, 0.15) is 12.4 Å². The van der Waals surface area contributed by atoms with Gasteiger partial charge in [-0.1, -0.05) is 23.2 Å². The quantitative estimate of drug-likeness (QED) is 0.928. The lowest BCUT2D eigenvalue weighted by Gasteiger charge is -2.14. The number of halogens is 2. The number of pyridine rings is 1. The van der Waals surface area contributed by atoms with Crippen molar-refractivity contribution < 1.29 is 4.74 Å².